The van der Waals surface area contributed by atoms with Crippen LogP contribution in [0.1, 0.15) is 38.9 Å². The maximum absolute atomic E-state index is 14.8. The number of fused-ring (bicyclic) bond motifs is 3. The molecule has 0 radical (unpaired) electrons. The molecular weight excluding hydrogens is 414 g/mol. The van der Waals surface area contributed by atoms with E-state index in [0.717, 1.165) is 16.3 Å². The quantitative estimate of drug-likeness (QED) is 0.617. The number of rotatable bonds is 3. The van der Waals surface area contributed by atoms with Gasteiger partial charge in [-0.1, -0.05) is 13.8 Å². The molecule has 2 aliphatic rings. The molecule has 0 spiro atoms. The smallest absolute Gasteiger partial charge is 0.254 e. The fraction of sp³-hybridized carbons (Fsp3) is 0.417. The third-order valence-electron chi connectivity index (χ3n) is 7.03. The fourth-order valence-electron chi connectivity index (χ4n) is 5.70. The lowest BCUT2D eigenvalue weighted by Gasteiger charge is -2.42. The summed E-state index contributed by atoms with van der Waals surface area (Å²) in [7, 11) is 1.56. The molecule has 1 aromatic carbocycles. The molecule has 6 nitrogen and oxygen atoms in total. The summed E-state index contributed by atoms with van der Waals surface area (Å²) in [6.07, 6.45) is 6.61. The van der Waals surface area contributed by atoms with E-state index in [-0.39, 0.29) is 18.6 Å². The van der Waals surface area contributed by atoms with Crippen molar-refractivity contribution in [2.24, 2.45) is 10.8 Å². The van der Waals surface area contributed by atoms with Crippen LogP contribution in [0.15, 0.2) is 42.4 Å². The minimum Gasteiger partial charge on any atom is -0.507 e. The van der Waals surface area contributed by atoms with Gasteiger partial charge in [0.1, 0.15) is 11.4 Å². The predicted octanol–water partition coefficient (Wildman–Crippen LogP) is 5.04. The number of hydrogen-bond donors (Lipinski definition) is 1. The largest absolute Gasteiger partial charge is 0.507 e. The van der Waals surface area contributed by atoms with Crippen molar-refractivity contribution in [1.82, 2.24) is 20.2 Å². The highest BCUT2D eigenvalue weighted by molar-refractivity contribution is 5.89. The molecule has 3 aromatic rings. The second kappa shape index (κ2) is 7.00. The Labute approximate surface area is 184 Å². The van der Waals surface area contributed by atoms with Crippen LogP contribution in [-0.4, -0.2) is 44.4 Å². The van der Waals surface area contributed by atoms with E-state index in [1.807, 2.05) is 13.0 Å². The van der Waals surface area contributed by atoms with Gasteiger partial charge in [-0.25, -0.2) is 13.8 Å². The van der Waals surface area contributed by atoms with Crippen LogP contribution < -0.4 is 0 Å². The molecule has 0 amide bonds. The first-order valence-corrected chi connectivity index (χ1v) is 10.5. The highest BCUT2D eigenvalue weighted by Gasteiger charge is 2.67. The van der Waals surface area contributed by atoms with Gasteiger partial charge in [0.05, 0.1) is 12.3 Å². The van der Waals surface area contributed by atoms with Crippen molar-refractivity contribution in [3.63, 3.8) is 0 Å². The number of phenols is 1. The van der Waals surface area contributed by atoms with E-state index >= 15 is 0 Å². The lowest BCUT2D eigenvalue weighted by atomic mass is 9.66. The Hall–Kier alpha value is -3.00. The monoisotopic (exact) mass is 438 g/mol. The molecule has 0 unspecified atom stereocenters. The molecule has 1 N–H and O–H groups in total. The van der Waals surface area contributed by atoms with Gasteiger partial charge in [0.2, 0.25) is 0 Å². The highest BCUT2D eigenvalue weighted by Crippen LogP contribution is 2.66. The molecule has 2 bridgehead atoms. The summed E-state index contributed by atoms with van der Waals surface area (Å²) >= 11 is 0. The Balaban J connectivity index is 1.49. The van der Waals surface area contributed by atoms with Gasteiger partial charge < -0.3 is 9.84 Å². The van der Waals surface area contributed by atoms with Gasteiger partial charge in [0.25, 0.3) is 5.92 Å². The third-order valence-corrected chi connectivity index (χ3v) is 7.03. The Bertz CT molecular complexity index is 1230. The summed E-state index contributed by atoms with van der Waals surface area (Å²) in [6.45, 7) is 3.52. The van der Waals surface area contributed by atoms with Crippen LogP contribution in [0.2, 0.25) is 0 Å². The van der Waals surface area contributed by atoms with Crippen LogP contribution in [0, 0.1) is 10.8 Å². The number of halogens is 2. The average Bonchev–Trinajstić information content (AvgIpc) is 2.88. The number of methoxy groups -OCH3 is 1. The number of pyridine rings is 1. The molecule has 5 rings (SSSR count). The Morgan fingerprint density at radius 3 is 2.66 bits per heavy atom. The van der Waals surface area contributed by atoms with Gasteiger partial charge in [-0.3, -0.25) is 4.98 Å². The first kappa shape index (κ1) is 20.9. The molecule has 0 saturated heterocycles. The van der Waals surface area contributed by atoms with Crippen LogP contribution in [0.4, 0.5) is 8.78 Å². The summed E-state index contributed by atoms with van der Waals surface area (Å²) in [5.74, 6) is -2.37. The summed E-state index contributed by atoms with van der Waals surface area (Å²) in [5, 5.41) is 20.5. The Morgan fingerprint density at radius 1 is 1.12 bits per heavy atom. The van der Waals surface area contributed by atoms with E-state index in [9.17, 15) is 13.9 Å². The van der Waals surface area contributed by atoms with Gasteiger partial charge in [0, 0.05) is 47.7 Å². The molecule has 8 heteroatoms. The zero-order valence-electron chi connectivity index (χ0n) is 18.1. The van der Waals surface area contributed by atoms with Gasteiger partial charge in [-0.15, -0.1) is 10.2 Å². The summed E-state index contributed by atoms with van der Waals surface area (Å²) in [5.41, 5.74) is -0.0665. The number of aromatic hydroxyl groups is 1. The molecule has 2 saturated carbocycles. The number of alkyl halides is 2. The van der Waals surface area contributed by atoms with Crippen molar-refractivity contribution < 1.29 is 18.6 Å². The molecule has 2 aromatic heterocycles. The molecule has 166 valence electrons. The predicted molar refractivity (Wildman–Crippen MR) is 116 cm³/mol. The summed E-state index contributed by atoms with van der Waals surface area (Å²) < 4.78 is 35.3. The average molecular weight is 438 g/mol. The number of aromatic nitrogens is 4. The van der Waals surface area contributed by atoms with Gasteiger partial charge in [-0.05, 0) is 48.1 Å². The van der Waals surface area contributed by atoms with E-state index in [4.69, 9.17) is 4.74 Å². The van der Waals surface area contributed by atoms with E-state index in [1.54, 1.807) is 44.6 Å². The van der Waals surface area contributed by atoms with Crippen LogP contribution in [0.5, 0.6) is 5.75 Å². The zero-order chi connectivity index (χ0) is 22.7. The third kappa shape index (κ3) is 3.16. The highest BCUT2D eigenvalue weighted by atomic mass is 19.3. The molecule has 2 heterocycles. The van der Waals surface area contributed by atoms with E-state index in [0.29, 0.717) is 23.5 Å². The first-order chi connectivity index (χ1) is 15.1. The molecular formula is C24H24F2N4O2. The van der Waals surface area contributed by atoms with Crippen LogP contribution in [0.25, 0.3) is 28.1 Å². The molecule has 2 fully saturated rings. The molecule has 3 atom stereocenters. The maximum atomic E-state index is 14.8. The van der Waals surface area contributed by atoms with E-state index in [1.165, 1.54) is 6.20 Å². The minimum absolute atomic E-state index is 0.0547. The Morgan fingerprint density at radius 2 is 1.94 bits per heavy atom. The lowest BCUT2D eigenvalue weighted by molar-refractivity contribution is -0.0888. The van der Waals surface area contributed by atoms with Crippen molar-refractivity contribution in [3.8, 4) is 17.0 Å². The number of benzene rings is 1. The maximum Gasteiger partial charge on any atom is 0.254 e. The first-order valence-electron chi connectivity index (χ1n) is 10.5. The second-order valence-electron chi connectivity index (χ2n) is 9.58. The molecule has 32 heavy (non-hydrogen) atoms. The minimum atomic E-state index is -2.75. The van der Waals surface area contributed by atoms with Crippen molar-refractivity contribution >= 4 is 16.8 Å². The van der Waals surface area contributed by atoms with Crippen LogP contribution >= 0.6 is 0 Å². The van der Waals surface area contributed by atoms with Crippen molar-refractivity contribution in [2.75, 3.05) is 7.11 Å². The standard InChI is InChI=1S/C24H24F2N4O2/c1-22-12-23(2,24(25,26)13-22)9-15(21(22)32-3)8-20-28-11-18(29-30-20)17-6-14-4-5-27-10-16(14)7-19(17)31/h4-8,10-11,21,31H,9,12-13H2,1-3H3/b15-8-/t21-,22-,23+/m1/s1. The zero-order valence-corrected chi connectivity index (χ0v) is 18.1. The van der Waals surface area contributed by atoms with Gasteiger partial charge in [-0.2, -0.15) is 0 Å². The molecule has 0 aliphatic heterocycles. The SMILES string of the molecule is CO[C@@H]1/C(=C\c2ncc(-c3cc4ccncc4cc3O)nn2)C[C@@]2(C)C[C@]1(C)CC2(F)F. The van der Waals surface area contributed by atoms with Crippen molar-refractivity contribution in [1.29, 1.82) is 0 Å². The normalized spacial score (nSPS) is 30.2. The number of hydrogen-bond acceptors (Lipinski definition) is 6. The number of phenolic OH excluding ortho intramolecular Hbond substituents is 1. The van der Waals surface area contributed by atoms with Gasteiger partial charge >= 0.3 is 0 Å². The van der Waals surface area contributed by atoms with Crippen molar-refractivity contribution in [2.45, 2.75) is 45.1 Å². The van der Waals surface area contributed by atoms with Crippen molar-refractivity contribution in [3.05, 3.63) is 48.2 Å². The summed E-state index contributed by atoms with van der Waals surface area (Å²) in [4.78, 5) is 8.43. The number of nitrogens with zero attached hydrogens (tertiary/aromatic N) is 4. The topological polar surface area (TPSA) is 81.0 Å². The van der Waals surface area contributed by atoms with E-state index < -0.39 is 22.9 Å². The summed E-state index contributed by atoms with van der Waals surface area (Å²) in [6, 6.07) is 5.27. The Kier molecular flexibility index (Phi) is 4.57. The lowest BCUT2D eigenvalue weighted by Crippen LogP contribution is -2.40. The van der Waals surface area contributed by atoms with Crippen LogP contribution in [0.3, 0.4) is 0 Å². The molecule has 2 aliphatic carbocycles. The van der Waals surface area contributed by atoms with Crippen LogP contribution in [-0.2, 0) is 4.74 Å². The number of ether oxygens (including phenoxy) is 1. The fourth-order valence-corrected chi connectivity index (χ4v) is 5.70. The van der Waals surface area contributed by atoms with E-state index in [2.05, 4.69) is 20.2 Å². The second-order valence-corrected chi connectivity index (χ2v) is 9.58. The van der Waals surface area contributed by atoms with Gasteiger partial charge in [0.15, 0.2) is 5.82 Å².